The Kier molecular flexibility index (Phi) is 5.68. The predicted octanol–water partition coefficient (Wildman–Crippen LogP) is 2.90. The van der Waals surface area contributed by atoms with Crippen molar-refractivity contribution in [3.05, 3.63) is 64.7 Å². The van der Waals surface area contributed by atoms with E-state index in [4.69, 9.17) is 26.3 Å². The van der Waals surface area contributed by atoms with Crippen LogP contribution in [0.15, 0.2) is 48.5 Å². The molecule has 6 nitrogen and oxygen atoms in total. The highest BCUT2D eigenvalue weighted by molar-refractivity contribution is 6.30. The molecular weight excluding hydrogens is 370 g/mol. The van der Waals surface area contributed by atoms with Gasteiger partial charge in [0.25, 0.3) is 0 Å². The molecule has 0 bridgehead atoms. The van der Waals surface area contributed by atoms with E-state index in [1.165, 1.54) is 7.11 Å². The summed E-state index contributed by atoms with van der Waals surface area (Å²) in [5.41, 5.74) is 2.21. The number of rotatable bonds is 7. The average molecular weight is 390 g/mol. The van der Waals surface area contributed by atoms with Crippen molar-refractivity contribution in [3.8, 4) is 5.75 Å². The van der Waals surface area contributed by atoms with Gasteiger partial charge in [-0.15, -0.1) is 0 Å². The summed E-state index contributed by atoms with van der Waals surface area (Å²) in [5, 5.41) is 9.57. The number of halogens is 1. The number of ether oxygens (including phenoxy) is 2. The normalized spacial score (nSPS) is 20.6. The lowest BCUT2D eigenvalue weighted by atomic mass is 9.92. The number of hydrogen-bond acceptors (Lipinski definition) is 5. The van der Waals surface area contributed by atoms with Gasteiger partial charge in [-0.05, 0) is 41.8 Å². The molecule has 0 heterocycles. The zero-order chi connectivity index (χ0) is 19.4. The molecule has 1 fully saturated rings. The lowest BCUT2D eigenvalue weighted by molar-refractivity contribution is -0.146. The van der Waals surface area contributed by atoms with Crippen LogP contribution in [0.5, 0.6) is 5.75 Å². The molecule has 0 aliphatic heterocycles. The van der Waals surface area contributed by atoms with Crippen LogP contribution >= 0.6 is 11.6 Å². The van der Waals surface area contributed by atoms with Crippen molar-refractivity contribution in [3.63, 3.8) is 0 Å². The molecule has 1 aliphatic rings. The SMILES string of the molecule is COC(=O)C1(c2cccc(OCCc3cccc(Cl)c3)c2)C[C@H]1C(=O)NO. The number of hydrogen-bond donors (Lipinski definition) is 2. The highest BCUT2D eigenvalue weighted by Crippen LogP contribution is 2.55. The molecule has 0 radical (unpaired) electrons. The topological polar surface area (TPSA) is 84.9 Å². The molecule has 1 aliphatic carbocycles. The van der Waals surface area contributed by atoms with Crippen molar-refractivity contribution in [2.24, 2.45) is 5.92 Å². The van der Waals surface area contributed by atoms with Crippen LogP contribution < -0.4 is 10.2 Å². The van der Waals surface area contributed by atoms with Gasteiger partial charge in [-0.1, -0.05) is 35.9 Å². The largest absolute Gasteiger partial charge is 0.493 e. The van der Waals surface area contributed by atoms with Crippen LogP contribution in [0, 0.1) is 5.92 Å². The third kappa shape index (κ3) is 3.91. The van der Waals surface area contributed by atoms with Crippen molar-refractivity contribution >= 4 is 23.5 Å². The molecule has 2 aromatic rings. The van der Waals surface area contributed by atoms with Gasteiger partial charge in [0.05, 0.1) is 19.6 Å². The van der Waals surface area contributed by atoms with Gasteiger partial charge >= 0.3 is 5.97 Å². The van der Waals surface area contributed by atoms with Gasteiger partial charge < -0.3 is 9.47 Å². The van der Waals surface area contributed by atoms with E-state index >= 15 is 0 Å². The van der Waals surface area contributed by atoms with Crippen molar-refractivity contribution in [2.75, 3.05) is 13.7 Å². The zero-order valence-corrected chi connectivity index (χ0v) is 15.5. The maximum atomic E-state index is 12.3. The summed E-state index contributed by atoms with van der Waals surface area (Å²) in [4.78, 5) is 24.1. The number of carbonyl (C=O) groups excluding carboxylic acids is 2. The number of hydroxylamine groups is 1. The highest BCUT2D eigenvalue weighted by Gasteiger charge is 2.65. The molecule has 3 rings (SSSR count). The lowest BCUT2D eigenvalue weighted by Gasteiger charge is -2.16. The van der Waals surface area contributed by atoms with Gasteiger partial charge in [0.15, 0.2) is 0 Å². The predicted molar refractivity (Wildman–Crippen MR) is 98.8 cm³/mol. The second-order valence-electron chi connectivity index (χ2n) is 6.45. The first-order valence-corrected chi connectivity index (χ1v) is 8.89. The number of carbonyl (C=O) groups is 2. The smallest absolute Gasteiger partial charge is 0.317 e. The number of nitrogens with one attached hydrogen (secondary N) is 1. The van der Waals surface area contributed by atoms with Gasteiger partial charge in [-0.3, -0.25) is 14.8 Å². The Morgan fingerprint density at radius 3 is 2.74 bits per heavy atom. The van der Waals surface area contributed by atoms with E-state index < -0.39 is 23.2 Å². The summed E-state index contributed by atoms with van der Waals surface area (Å²) < 4.78 is 10.7. The number of benzene rings is 2. The number of amides is 1. The second kappa shape index (κ2) is 7.98. The average Bonchev–Trinajstić information content (AvgIpc) is 3.44. The lowest BCUT2D eigenvalue weighted by Crippen LogP contribution is -2.31. The molecule has 2 atom stereocenters. The van der Waals surface area contributed by atoms with Crippen LogP contribution in [0.4, 0.5) is 0 Å². The van der Waals surface area contributed by atoms with Crippen molar-refractivity contribution in [2.45, 2.75) is 18.3 Å². The minimum atomic E-state index is -1.09. The fraction of sp³-hybridized carbons (Fsp3) is 0.300. The first-order chi connectivity index (χ1) is 13.0. The molecule has 1 amide bonds. The molecule has 1 unspecified atom stereocenters. The minimum absolute atomic E-state index is 0.276. The Morgan fingerprint density at radius 2 is 2.04 bits per heavy atom. The Balaban J connectivity index is 1.72. The van der Waals surface area contributed by atoms with Gasteiger partial charge in [-0.2, -0.15) is 0 Å². The summed E-state index contributed by atoms with van der Waals surface area (Å²) in [5.74, 6) is -1.19. The van der Waals surface area contributed by atoms with E-state index in [0.29, 0.717) is 29.4 Å². The fourth-order valence-corrected chi connectivity index (χ4v) is 3.56. The third-order valence-electron chi connectivity index (χ3n) is 4.83. The van der Waals surface area contributed by atoms with Crippen molar-refractivity contribution in [1.29, 1.82) is 0 Å². The summed E-state index contributed by atoms with van der Waals surface area (Å²) >= 11 is 5.98. The Labute approximate surface area is 162 Å². The second-order valence-corrected chi connectivity index (χ2v) is 6.89. The summed E-state index contributed by atoms with van der Waals surface area (Å²) in [7, 11) is 1.28. The molecular formula is C20H20ClNO5. The minimum Gasteiger partial charge on any atom is -0.493 e. The third-order valence-corrected chi connectivity index (χ3v) is 5.07. The zero-order valence-electron chi connectivity index (χ0n) is 14.8. The Morgan fingerprint density at radius 1 is 1.26 bits per heavy atom. The van der Waals surface area contributed by atoms with E-state index in [1.54, 1.807) is 29.7 Å². The van der Waals surface area contributed by atoms with Crippen LogP contribution in [0.2, 0.25) is 5.02 Å². The number of methoxy groups -OCH3 is 1. The van der Waals surface area contributed by atoms with Crippen LogP contribution in [-0.4, -0.2) is 30.8 Å². The van der Waals surface area contributed by atoms with E-state index in [1.807, 2.05) is 24.3 Å². The van der Waals surface area contributed by atoms with E-state index in [2.05, 4.69) is 0 Å². The maximum absolute atomic E-state index is 12.3. The van der Waals surface area contributed by atoms with Crippen LogP contribution in [0.25, 0.3) is 0 Å². The molecule has 0 aromatic heterocycles. The Bertz CT molecular complexity index is 856. The van der Waals surface area contributed by atoms with Crippen LogP contribution in [-0.2, 0) is 26.2 Å². The van der Waals surface area contributed by atoms with E-state index in [0.717, 1.165) is 5.56 Å². The van der Waals surface area contributed by atoms with Crippen molar-refractivity contribution < 1.29 is 24.3 Å². The molecule has 2 aromatic carbocycles. The monoisotopic (exact) mass is 389 g/mol. The van der Waals surface area contributed by atoms with Gasteiger partial charge in [0, 0.05) is 11.4 Å². The summed E-state index contributed by atoms with van der Waals surface area (Å²) in [6.07, 6.45) is 0.959. The molecule has 1 saturated carbocycles. The molecule has 0 spiro atoms. The van der Waals surface area contributed by atoms with Gasteiger partial charge in [-0.25, -0.2) is 5.48 Å². The highest BCUT2D eigenvalue weighted by atomic mass is 35.5. The number of esters is 1. The first kappa shape index (κ1) is 19.2. The Hall–Kier alpha value is -2.57. The molecule has 7 heteroatoms. The van der Waals surface area contributed by atoms with Crippen LogP contribution in [0.1, 0.15) is 17.5 Å². The van der Waals surface area contributed by atoms with Crippen molar-refractivity contribution in [1.82, 2.24) is 5.48 Å². The first-order valence-electron chi connectivity index (χ1n) is 8.51. The molecule has 27 heavy (non-hydrogen) atoms. The van der Waals surface area contributed by atoms with Gasteiger partial charge in [0.1, 0.15) is 11.2 Å². The summed E-state index contributed by atoms with van der Waals surface area (Å²) in [6, 6.07) is 14.6. The molecule has 2 N–H and O–H groups in total. The standard InChI is InChI=1S/C20H20ClNO5/c1-26-19(24)20(12-17(20)18(23)22-25)14-5-3-7-16(11-14)27-9-8-13-4-2-6-15(21)10-13/h2-7,10-11,17,25H,8-9,12H2,1H3,(H,22,23)/t17-,20?/m0/s1. The maximum Gasteiger partial charge on any atom is 0.317 e. The van der Waals surface area contributed by atoms with Crippen LogP contribution in [0.3, 0.4) is 0 Å². The van der Waals surface area contributed by atoms with Gasteiger partial charge in [0.2, 0.25) is 5.91 Å². The molecule has 142 valence electrons. The summed E-state index contributed by atoms with van der Waals surface area (Å²) in [6.45, 7) is 0.440. The molecule has 0 saturated heterocycles. The van der Waals surface area contributed by atoms with E-state index in [9.17, 15) is 9.59 Å². The van der Waals surface area contributed by atoms with E-state index in [-0.39, 0.29) is 6.42 Å². The quantitative estimate of drug-likeness (QED) is 0.432. The fourth-order valence-electron chi connectivity index (χ4n) is 3.34.